The lowest BCUT2D eigenvalue weighted by molar-refractivity contribution is 0.413. The second kappa shape index (κ2) is 4.49. The molecule has 0 aliphatic heterocycles. The van der Waals surface area contributed by atoms with Gasteiger partial charge in [-0.3, -0.25) is 0 Å². The molecule has 0 aliphatic carbocycles. The second-order valence-electron chi connectivity index (χ2n) is 5.36. The summed E-state index contributed by atoms with van der Waals surface area (Å²) < 4.78 is 2.27. The maximum Gasteiger partial charge on any atom is 0.123 e. The van der Waals surface area contributed by atoms with Crippen LogP contribution >= 0.6 is 0 Å². The van der Waals surface area contributed by atoms with E-state index in [4.69, 9.17) is 0 Å². The summed E-state index contributed by atoms with van der Waals surface area (Å²) in [6, 6.07) is 8.31. The van der Waals surface area contributed by atoms with E-state index in [0.29, 0.717) is 0 Å². The van der Waals surface area contributed by atoms with Crippen molar-refractivity contribution >= 4 is 11.0 Å². The van der Waals surface area contributed by atoms with Gasteiger partial charge in [-0.1, -0.05) is 12.1 Å². The minimum Gasteiger partial charge on any atom is -0.327 e. The Morgan fingerprint density at radius 1 is 1.24 bits per heavy atom. The van der Waals surface area contributed by atoms with E-state index in [0.717, 1.165) is 24.4 Å². The van der Waals surface area contributed by atoms with Crippen LogP contribution < -0.4 is 5.32 Å². The Balaban J connectivity index is 2.33. The van der Waals surface area contributed by atoms with E-state index in [2.05, 4.69) is 60.8 Å². The fourth-order valence-corrected chi connectivity index (χ4v) is 1.96. The van der Waals surface area contributed by atoms with Gasteiger partial charge in [-0.15, -0.1) is 0 Å². The van der Waals surface area contributed by atoms with Crippen LogP contribution in [0.2, 0.25) is 0 Å². The van der Waals surface area contributed by atoms with E-state index in [1.54, 1.807) is 0 Å². The van der Waals surface area contributed by atoms with Crippen LogP contribution in [0.5, 0.6) is 0 Å². The Kier molecular flexibility index (Phi) is 3.20. The summed E-state index contributed by atoms with van der Waals surface area (Å²) in [5, 5.41) is 3.49. The first kappa shape index (κ1) is 12.1. The molecule has 0 spiro atoms. The van der Waals surface area contributed by atoms with Gasteiger partial charge in [0.1, 0.15) is 5.82 Å². The molecule has 0 unspecified atom stereocenters. The van der Waals surface area contributed by atoms with Gasteiger partial charge in [0.2, 0.25) is 0 Å². The molecule has 0 amide bonds. The minimum atomic E-state index is 0.122. The van der Waals surface area contributed by atoms with Gasteiger partial charge in [0.05, 0.1) is 17.6 Å². The van der Waals surface area contributed by atoms with Crippen molar-refractivity contribution in [1.29, 1.82) is 0 Å². The zero-order valence-corrected chi connectivity index (χ0v) is 11.1. The molecule has 0 radical (unpaired) electrons. The third kappa shape index (κ3) is 2.67. The summed E-state index contributed by atoms with van der Waals surface area (Å²) in [7, 11) is 0. The van der Waals surface area contributed by atoms with Gasteiger partial charge in [0, 0.05) is 12.1 Å². The third-order valence-electron chi connectivity index (χ3n) is 2.83. The van der Waals surface area contributed by atoms with Crippen LogP contribution in [0.25, 0.3) is 11.0 Å². The van der Waals surface area contributed by atoms with Crippen molar-refractivity contribution in [2.24, 2.45) is 0 Å². The molecule has 3 nitrogen and oxygen atoms in total. The monoisotopic (exact) mass is 231 g/mol. The number of benzene rings is 1. The number of imidazole rings is 1. The van der Waals surface area contributed by atoms with E-state index in [-0.39, 0.29) is 5.54 Å². The highest BCUT2D eigenvalue weighted by Gasteiger charge is 2.13. The lowest BCUT2D eigenvalue weighted by Crippen LogP contribution is -2.35. The maximum atomic E-state index is 4.69. The fourth-order valence-electron chi connectivity index (χ4n) is 1.96. The smallest absolute Gasteiger partial charge is 0.123 e. The minimum absolute atomic E-state index is 0.122. The zero-order valence-electron chi connectivity index (χ0n) is 11.1. The number of hydrogen-bond acceptors (Lipinski definition) is 2. The molecule has 0 aliphatic rings. The van der Waals surface area contributed by atoms with Gasteiger partial charge in [-0.05, 0) is 39.8 Å². The summed E-state index contributed by atoms with van der Waals surface area (Å²) in [5.74, 6) is 1.11. The van der Waals surface area contributed by atoms with Crippen LogP contribution in [0.3, 0.4) is 0 Å². The van der Waals surface area contributed by atoms with Crippen molar-refractivity contribution in [3.63, 3.8) is 0 Å². The van der Waals surface area contributed by atoms with Crippen molar-refractivity contribution in [2.45, 2.75) is 46.3 Å². The number of aromatic nitrogens is 2. The largest absolute Gasteiger partial charge is 0.327 e. The first-order chi connectivity index (χ1) is 8.01. The SMILES string of the molecule is CCn1c(CNC(C)(C)C)nc2ccccc21. The standard InChI is InChI=1S/C14H21N3/c1-5-17-12-9-7-6-8-11(12)16-13(17)10-15-14(2,3)4/h6-9,15H,5,10H2,1-4H3. The summed E-state index contributed by atoms with van der Waals surface area (Å²) >= 11 is 0. The Morgan fingerprint density at radius 2 is 1.94 bits per heavy atom. The van der Waals surface area contributed by atoms with Crippen molar-refractivity contribution < 1.29 is 0 Å². The molecule has 1 aromatic carbocycles. The highest BCUT2D eigenvalue weighted by molar-refractivity contribution is 5.75. The summed E-state index contributed by atoms with van der Waals surface area (Å²) in [4.78, 5) is 4.69. The molecule has 1 aromatic heterocycles. The van der Waals surface area contributed by atoms with Crippen molar-refractivity contribution in [3.05, 3.63) is 30.1 Å². The van der Waals surface area contributed by atoms with Gasteiger partial charge in [-0.25, -0.2) is 4.98 Å². The van der Waals surface area contributed by atoms with E-state index >= 15 is 0 Å². The van der Waals surface area contributed by atoms with E-state index in [1.165, 1.54) is 5.52 Å². The van der Waals surface area contributed by atoms with Crippen molar-refractivity contribution in [2.75, 3.05) is 0 Å². The molecule has 2 rings (SSSR count). The molecule has 0 saturated heterocycles. The van der Waals surface area contributed by atoms with Crippen LogP contribution in [-0.4, -0.2) is 15.1 Å². The quantitative estimate of drug-likeness (QED) is 0.880. The van der Waals surface area contributed by atoms with Crippen LogP contribution in [0, 0.1) is 0 Å². The molecular weight excluding hydrogens is 210 g/mol. The molecule has 17 heavy (non-hydrogen) atoms. The van der Waals surface area contributed by atoms with Crippen molar-refractivity contribution in [3.8, 4) is 0 Å². The molecule has 1 N–H and O–H groups in total. The molecule has 0 fully saturated rings. The third-order valence-corrected chi connectivity index (χ3v) is 2.83. The predicted molar refractivity (Wildman–Crippen MR) is 72.0 cm³/mol. The van der Waals surface area contributed by atoms with Gasteiger partial charge in [0.15, 0.2) is 0 Å². The van der Waals surface area contributed by atoms with E-state index in [9.17, 15) is 0 Å². The van der Waals surface area contributed by atoms with E-state index < -0.39 is 0 Å². The average molecular weight is 231 g/mol. The maximum absolute atomic E-state index is 4.69. The van der Waals surface area contributed by atoms with E-state index in [1.807, 2.05) is 6.07 Å². The van der Waals surface area contributed by atoms with Crippen LogP contribution in [0.4, 0.5) is 0 Å². The van der Waals surface area contributed by atoms with Gasteiger partial charge in [0.25, 0.3) is 0 Å². The number of nitrogens with zero attached hydrogens (tertiary/aromatic N) is 2. The lowest BCUT2D eigenvalue weighted by atomic mass is 10.1. The summed E-state index contributed by atoms with van der Waals surface area (Å²) in [5.41, 5.74) is 2.43. The van der Waals surface area contributed by atoms with Gasteiger partial charge >= 0.3 is 0 Å². The normalized spacial score (nSPS) is 12.2. The Labute approximate surface area is 103 Å². The molecule has 92 valence electrons. The number of hydrogen-bond donors (Lipinski definition) is 1. The number of rotatable bonds is 3. The predicted octanol–water partition coefficient (Wildman–Crippen LogP) is 2.94. The topological polar surface area (TPSA) is 29.9 Å². The highest BCUT2D eigenvalue weighted by Crippen LogP contribution is 2.16. The Bertz CT molecular complexity index is 506. The summed E-state index contributed by atoms with van der Waals surface area (Å²) in [6.07, 6.45) is 0. The van der Waals surface area contributed by atoms with Gasteiger partial charge in [-0.2, -0.15) is 0 Å². The number of nitrogens with one attached hydrogen (secondary N) is 1. The molecular formula is C14H21N3. The average Bonchev–Trinajstić information content (AvgIpc) is 2.63. The second-order valence-corrected chi connectivity index (χ2v) is 5.36. The van der Waals surface area contributed by atoms with Gasteiger partial charge < -0.3 is 9.88 Å². The first-order valence-corrected chi connectivity index (χ1v) is 6.20. The number of fused-ring (bicyclic) bond motifs is 1. The summed E-state index contributed by atoms with van der Waals surface area (Å²) in [6.45, 7) is 10.5. The van der Waals surface area contributed by atoms with Crippen LogP contribution in [0.15, 0.2) is 24.3 Å². The number of para-hydroxylation sites is 2. The molecule has 1 heterocycles. The Hall–Kier alpha value is -1.35. The fraction of sp³-hybridized carbons (Fsp3) is 0.500. The van der Waals surface area contributed by atoms with Crippen molar-refractivity contribution in [1.82, 2.24) is 14.9 Å². The molecule has 3 heteroatoms. The van der Waals surface area contributed by atoms with Crippen LogP contribution in [0.1, 0.15) is 33.5 Å². The number of aryl methyl sites for hydroxylation is 1. The molecule has 0 bridgehead atoms. The van der Waals surface area contributed by atoms with Crippen LogP contribution in [-0.2, 0) is 13.1 Å². The molecule has 0 saturated carbocycles. The lowest BCUT2D eigenvalue weighted by Gasteiger charge is -2.20. The first-order valence-electron chi connectivity index (χ1n) is 6.20. The molecule has 2 aromatic rings. The highest BCUT2D eigenvalue weighted by atomic mass is 15.1. The zero-order chi connectivity index (χ0) is 12.5. The molecule has 0 atom stereocenters. The Morgan fingerprint density at radius 3 is 2.59 bits per heavy atom.